The van der Waals surface area contributed by atoms with Gasteiger partial charge in [0.2, 0.25) is 0 Å². The molecule has 0 saturated carbocycles. The van der Waals surface area contributed by atoms with E-state index in [0.29, 0.717) is 0 Å². The van der Waals surface area contributed by atoms with Crippen molar-refractivity contribution in [2.24, 2.45) is 4.99 Å². The van der Waals surface area contributed by atoms with Crippen LogP contribution in [0, 0.1) is 0 Å². The van der Waals surface area contributed by atoms with Crippen molar-refractivity contribution in [3.05, 3.63) is 108 Å². The Bertz CT molecular complexity index is 1380. The van der Waals surface area contributed by atoms with Crippen LogP contribution in [0.1, 0.15) is 12.5 Å². The molecule has 0 spiro atoms. The van der Waals surface area contributed by atoms with Gasteiger partial charge >= 0.3 is 0 Å². The third-order valence-corrected chi connectivity index (χ3v) is 5.28. The van der Waals surface area contributed by atoms with Gasteiger partial charge in [0, 0.05) is 22.4 Å². The first-order valence-electron chi connectivity index (χ1n) is 9.96. The topological polar surface area (TPSA) is 25.5 Å². The molecule has 1 aromatic heterocycles. The van der Waals surface area contributed by atoms with Gasteiger partial charge in [0.25, 0.3) is 0 Å². The van der Waals surface area contributed by atoms with Gasteiger partial charge in [0.1, 0.15) is 11.3 Å². The first-order valence-corrected chi connectivity index (χ1v) is 9.96. The van der Waals surface area contributed by atoms with E-state index < -0.39 is 0 Å². The molecule has 0 aliphatic heterocycles. The zero-order chi connectivity index (χ0) is 19.6. The third kappa shape index (κ3) is 3.34. The third-order valence-electron chi connectivity index (χ3n) is 5.28. The standard InChI is InChI=1S/C27H21NO/c1-2-19-15-16-26-23(17-19)25(18-27(29-26)21-10-4-3-5-11-21)28-24-14-8-12-20-9-6-7-13-22(20)24/h3-18H,2H2,1H3. The average Bonchev–Trinajstić information content (AvgIpc) is 2.79. The van der Waals surface area contributed by atoms with Crippen LogP contribution in [0.15, 0.2) is 106 Å². The van der Waals surface area contributed by atoms with Gasteiger partial charge in [-0.15, -0.1) is 0 Å². The van der Waals surface area contributed by atoms with Gasteiger partial charge in [-0.25, -0.2) is 4.99 Å². The van der Waals surface area contributed by atoms with Gasteiger partial charge < -0.3 is 4.42 Å². The molecule has 0 radical (unpaired) electrons. The number of nitrogens with zero attached hydrogens (tertiary/aromatic N) is 1. The normalized spacial score (nSPS) is 12.0. The molecule has 0 atom stereocenters. The Morgan fingerprint density at radius 3 is 2.38 bits per heavy atom. The van der Waals surface area contributed by atoms with Crippen LogP contribution in [-0.4, -0.2) is 0 Å². The van der Waals surface area contributed by atoms with Crippen molar-refractivity contribution in [2.75, 3.05) is 0 Å². The molecule has 0 unspecified atom stereocenters. The summed E-state index contributed by atoms with van der Waals surface area (Å²) in [5.41, 5.74) is 4.14. The molecule has 2 heteroatoms. The molecular weight excluding hydrogens is 354 g/mol. The van der Waals surface area contributed by atoms with Crippen LogP contribution >= 0.6 is 0 Å². The number of benzene rings is 4. The minimum atomic E-state index is 0.821. The molecule has 0 saturated heterocycles. The Hall–Kier alpha value is -3.65. The molecule has 0 aliphatic rings. The quantitative estimate of drug-likeness (QED) is 0.332. The average molecular weight is 375 g/mol. The van der Waals surface area contributed by atoms with E-state index >= 15 is 0 Å². The lowest BCUT2D eigenvalue weighted by Crippen LogP contribution is -2.04. The minimum Gasteiger partial charge on any atom is -0.456 e. The molecule has 29 heavy (non-hydrogen) atoms. The second-order valence-electron chi connectivity index (χ2n) is 7.16. The number of fused-ring (bicyclic) bond motifs is 2. The van der Waals surface area contributed by atoms with E-state index in [1.807, 2.05) is 18.2 Å². The monoisotopic (exact) mass is 375 g/mol. The fraction of sp³-hybridized carbons (Fsp3) is 0.0741. The van der Waals surface area contributed by atoms with E-state index in [0.717, 1.165) is 45.1 Å². The molecule has 0 N–H and O–H groups in total. The molecular formula is C27H21NO. The van der Waals surface area contributed by atoms with Crippen LogP contribution in [-0.2, 0) is 6.42 Å². The molecule has 0 aliphatic carbocycles. The van der Waals surface area contributed by atoms with Gasteiger partial charge in [-0.2, -0.15) is 0 Å². The van der Waals surface area contributed by atoms with E-state index in [1.165, 1.54) is 10.9 Å². The van der Waals surface area contributed by atoms with Gasteiger partial charge in [-0.1, -0.05) is 79.7 Å². The minimum absolute atomic E-state index is 0.821. The number of aryl methyl sites for hydroxylation is 1. The van der Waals surface area contributed by atoms with E-state index in [4.69, 9.17) is 9.41 Å². The molecule has 0 bridgehead atoms. The molecule has 5 rings (SSSR count). The largest absolute Gasteiger partial charge is 0.456 e. The number of rotatable bonds is 3. The Labute approximate surface area is 169 Å². The van der Waals surface area contributed by atoms with Crippen molar-refractivity contribution in [3.8, 4) is 11.3 Å². The van der Waals surface area contributed by atoms with Crippen molar-refractivity contribution < 1.29 is 4.42 Å². The predicted octanol–water partition coefficient (Wildman–Crippen LogP) is 7.05. The van der Waals surface area contributed by atoms with Crippen molar-refractivity contribution in [2.45, 2.75) is 13.3 Å². The molecule has 4 aromatic carbocycles. The second kappa shape index (κ2) is 7.40. The number of hydrogen-bond donors (Lipinski definition) is 0. The highest BCUT2D eigenvalue weighted by Crippen LogP contribution is 2.27. The van der Waals surface area contributed by atoms with Crippen molar-refractivity contribution >= 4 is 27.4 Å². The summed E-state index contributed by atoms with van der Waals surface area (Å²) < 4.78 is 6.25. The van der Waals surface area contributed by atoms with Crippen molar-refractivity contribution in [1.82, 2.24) is 0 Å². The van der Waals surface area contributed by atoms with Gasteiger partial charge in [-0.3, -0.25) is 0 Å². The van der Waals surface area contributed by atoms with Gasteiger partial charge in [0.15, 0.2) is 0 Å². The summed E-state index contributed by atoms with van der Waals surface area (Å²) in [5.74, 6) is 0.821. The second-order valence-corrected chi connectivity index (χ2v) is 7.16. The molecule has 5 aromatic rings. The molecule has 0 amide bonds. The van der Waals surface area contributed by atoms with Crippen LogP contribution < -0.4 is 5.36 Å². The molecule has 0 fully saturated rings. The first-order chi connectivity index (χ1) is 14.3. The van der Waals surface area contributed by atoms with Crippen molar-refractivity contribution in [1.29, 1.82) is 0 Å². The lowest BCUT2D eigenvalue weighted by atomic mass is 10.1. The van der Waals surface area contributed by atoms with Crippen LogP contribution in [0.2, 0.25) is 0 Å². The van der Waals surface area contributed by atoms with E-state index in [2.05, 4.69) is 85.8 Å². The van der Waals surface area contributed by atoms with Gasteiger partial charge in [-0.05, 0) is 35.6 Å². The summed E-state index contributed by atoms with van der Waals surface area (Å²) in [6.07, 6.45) is 0.976. The van der Waals surface area contributed by atoms with Crippen molar-refractivity contribution in [3.63, 3.8) is 0 Å². The van der Waals surface area contributed by atoms with Crippen LogP contribution in [0.4, 0.5) is 5.69 Å². The maximum atomic E-state index is 6.25. The maximum absolute atomic E-state index is 6.25. The fourth-order valence-electron chi connectivity index (χ4n) is 3.71. The van der Waals surface area contributed by atoms with Gasteiger partial charge in [0.05, 0.1) is 11.0 Å². The SMILES string of the molecule is CCc1ccc2oc(-c3ccccc3)cc(=Nc3cccc4ccccc34)c2c1. The fourth-order valence-corrected chi connectivity index (χ4v) is 3.71. The van der Waals surface area contributed by atoms with Crippen LogP contribution in [0.3, 0.4) is 0 Å². The van der Waals surface area contributed by atoms with E-state index in [9.17, 15) is 0 Å². The Morgan fingerprint density at radius 1 is 0.724 bits per heavy atom. The lowest BCUT2D eigenvalue weighted by Gasteiger charge is -2.07. The molecule has 2 nitrogen and oxygen atoms in total. The highest BCUT2D eigenvalue weighted by molar-refractivity contribution is 5.92. The van der Waals surface area contributed by atoms with E-state index in [1.54, 1.807) is 0 Å². The highest BCUT2D eigenvalue weighted by atomic mass is 16.3. The zero-order valence-electron chi connectivity index (χ0n) is 16.3. The summed E-state index contributed by atoms with van der Waals surface area (Å²) >= 11 is 0. The van der Waals surface area contributed by atoms with E-state index in [-0.39, 0.29) is 0 Å². The maximum Gasteiger partial charge on any atom is 0.136 e. The Kier molecular flexibility index (Phi) is 4.45. The number of hydrogen-bond acceptors (Lipinski definition) is 2. The summed E-state index contributed by atoms with van der Waals surface area (Å²) in [5, 5.41) is 4.31. The molecule has 140 valence electrons. The Morgan fingerprint density at radius 2 is 1.52 bits per heavy atom. The highest BCUT2D eigenvalue weighted by Gasteiger charge is 2.07. The van der Waals surface area contributed by atoms with Crippen LogP contribution in [0.25, 0.3) is 33.1 Å². The Balaban J connectivity index is 1.84. The predicted molar refractivity (Wildman–Crippen MR) is 120 cm³/mol. The van der Waals surface area contributed by atoms with Crippen LogP contribution in [0.5, 0.6) is 0 Å². The lowest BCUT2D eigenvalue weighted by molar-refractivity contribution is 0.618. The summed E-state index contributed by atoms with van der Waals surface area (Å²) in [6.45, 7) is 2.16. The summed E-state index contributed by atoms with van der Waals surface area (Å²) in [7, 11) is 0. The zero-order valence-corrected chi connectivity index (χ0v) is 16.3. The molecule has 1 heterocycles. The summed E-state index contributed by atoms with van der Waals surface area (Å²) in [6, 6.07) is 33.2. The first kappa shape index (κ1) is 17.4. The smallest absolute Gasteiger partial charge is 0.136 e. The summed E-state index contributed by atoms with van der Waals surface area (Å²) in [4.78, 5) is 5.10.